The molecule has 2 N–H and O–H groups in total. The van der Waals surface area contributed by atoms with Crippen molar-refractivity contribution in [2.75, 3.05) is 12.0 Å². The molecule has 0 aliphatic heterocycles. The van der Waals surface area contributed by atoms with Crippen LogP contribution in [0, 0.1) is 0 Å². The molecule has 1 unspecified atom stereocenters. The van der Waals surface area contributed by atoms with Crippen LogP contribution in [0.3, 0.4) is 0 Å². The number of rotatable bonds is 3. The van der Waals surface area contributed by atoms with Crippen LogP contribution < -0.4 is 5.73 Å². The second kappa shape index (κ2) is 3.86. The van der Waals surface area contributed by atoms with E-state index in [1.807, 2.05) is 18.2 Å². The predicted octanol–water partition coefficient (Wildman–Crippen LogP) is 1.22. The third-order valence-electron chi connectivity index (χ3n) is 3.31. The molecule has 0 spiro atoms. The zero-order valence-electron chi connectivity index (χ0n) is 9.44. The predicted molar refractivity (Wildman–Crippen MR) is 65.0 cm³/mol. The van der Waals surface area contributed by atoms with E-state index in [9.17, 15) is 8.42 Å². The van der Waals surface area contributed by atoms with Gasteiger partial charge >= 0.3 is 0 Å². The highest BCUT2D eigenvalue weighted by Gasteiger charge is 2.34. The van der Waals surface area contributed by atoms with Gasteiger partial charge in [-0.2, -0.15) is 0 Å². The Labute approximate surface area is 96.6 Å². The van der Waals surface area contributed by atoms with Gasteiger partial charge in [-0.05, 0) is 30.4 Å². The first-order chi connectivity index (χ1) is 7.41. The number of aryl methyl sites for hydroxylation is 1. The first-order valence-corrected chi connectivity index (χ1v) is 7.52. The zero-order valence-corrected chi connectivity index (χ0v) is 10.3. The van der Waals surface area contributed by atoms with Crippen LogP contribution >= 0.6 is 0 Å². The van der Waals surface area contributed by atoms with Gasteiger partial charge in [-0.3, -0.25) is 0 Å². The molecule has 0 saturated heterocycles. The fourth-order valence-corrected chi connectivity index (χ4v) is 3.08. The van der Waals surface area contributed by atoms with Crippen molar-refractivity contribution in [2.45, 2.75) is 24.8 Å². The molecule has 88 valence electrons. The average molecular weight is 239 g/mol. The maximum atomic E-state index is 11.2. The van der Waals surface area contributed by atoms with Gasteiger partial charge in [0.15, 0.2) is 0 Å². The molecule has 0 radical (unpaired) electrons. The number of sulfone groups is 1. The summed E-state index contributed by atoms with van der Waals surface area (Å²) < 4.78 is 22.4. The van der Waals surface area contributed by atoms with Crippen LogP contribution in [0.2, 0.25) is 0 Å². The summed E-state index contributed by atoms with van der Waals surface area (Å²) in [7, 11) is -2.93. The first kappa shape index (κ1) is 11.6. The maximum Gasteiger partial charge on any atom is 0.147 e. The van der Waals surface area contributed by atoms with Gasteiger partial charge in [0.05, 0.1) is 5.75 Å². The highest BCUT2D eigenvalue weighted by atomic mass is 32.2. The van der Waals surface area contributed by atoms with Crippen LogP contribution in [0.25, 0.3) is 0 Å². The summed E-state index contributed by atoms with van der Waals surface area (Å²) in [4.78, 5) is 0. The highest BCUT2D eigenvalue weighted by Crippen LogP contribution is 2.37. The Balaban J connectivity index is 2.22. The summed E-state index contributed by atoms with van der Waals surface area (Å²) in [6.45, 7) is 0. The molecule has 0 amide bonds. The molecule has 3 nitrogen and oxygen atoms in total. The summed E-state index contributed by atoms with van der Waals surface area (Å²) in [5.41, 5.74) is 8.25. The molecular formula is C12H17NO2S. The fraction of sp³-hybridized carbons (Fsp3) is 0.500. The molecule has 0 fully saturated rings. The number of benzene rings is 1. The molecular weight excluding hydrogens is 222 g/mol. The van der Waals surface area contributed by atoms with Crippen LogP contribution in [0.5, 0.6) is 0 Å². The Kier molecular flexibility index (Phi) is 2.80. The first-order valence-electron chi connectivity index (χ1n) is 5.46. The largest absolute Gasteiger partial charge is 0.321 e. The lowest BCUT2D eigenvalue weighted by molar-refractivity contribution is 0.425. The van der Waals surface area contributed by atoms with Crippen LogP contribution in [-0.2, 0) is 21.8 Å². The van der Waals surface area contributed by atoms with Gasteiger partial charge in [-0.15, -0.1) is 0 Å². The molecule has 4 heteroatoms. The van der Waals surface area contributed by atoms with E-state index in [0.29, 0.717) is 6.42 Å². The minimum atomic E-state index is -2.93. The minimum Gasteiger partial charge on any atom is -0.321 e. The molecule has 0 aromatic heterocycles. The van der Waals surface area contributed by atoms with Crippen molar-refractivity contribution in [2.24, 2.45) is 5.73 Å². The van der Waals surface area contributed by atoms with E-state index in [1.54, 1.807) is 0 Å². The normalized spacial score (nSPS) is 24.4. The molecule has 0 heterocycles. The third-order valence-corrected chi connectivity index (χ3v) is 4.26. The number of hydrogen-bond acceptors (Lipinski definition) is 3. The summed E-state index contributed by atoms with van der Waals surface area (Å²) >= 11 is 0. The second-order valence-electron chi connectivity index (χ2n) is 4.69. The lowest BCUT2D eigenvalue weighted by Crippen LogP contribution is -2.36. The van der Waals surface area contributed by atoms with E-state index >= 15 is 0 Å². The molecule has 0 bridgehead atoms. The summed E-state index contributed by atoms with van der Waals surface area (Å²) in [6.07, 6.45) is 3.58. The van der Waals surface area contributed by atoms with Gasteiger partial charge in [-0.1, -0.05) is 24.3 Å². The molecule has 1 aromatic carbocycles. The van der Waals surface area contributed by atoms with Crippen molar-refractivity contribution in [3.63, 3.8) is 0 Å². The van der Waals surface area contributed by atoms with Gasteiger partial charge in [0, 0.05) is 11.8 Å². The Morgan fingerprint density at radius 3 is 2.75 bits per heavy atom. The van der Waals surface area contributed by atoms with E-state index in [-0.39, 0.29) is 5.75 Å². The Morgan fingerprint density at radius 2 is 2.06 bits per heavy atom. The zero-order chi connectivity index (χ0) is 11.8. The van der Waals surface area contributed by atoms with E-state index < -0.39 is 15.4 Å². The standard InChI is InChI=1S/C12H17NO2S/c1-16(14,15)9-8-12(13)7-6-10-4-2-3-5-11(10)12/h2-5H,6-9,13H2,1H3. The van der Waals surface area contributed by atoms with Crippen molar-refractivity contribution in [3.05, 3.63) is 35.4 Å². The van der Waals surface area contributed by atoms with Crippen molar-refractivity contribution in [3.8, 4) is 0 Å². The lowest BCUT2D eigenvalue weighted by Gasteiger charge is -2.25. The average Bonchev–Trinajstić information content (AvgIpc) is 2.55. The van der Waals surface area contributed by atoms with Crippen molar-refractivity contribution >= 4 is 9.84 Å². The fourth-order valence-electron chi connectivity index (χ4n) is 2.34. The van der Waals surface area contributed by atoms with Crippen LogP contribution in [-0.4, -0.2) is 20.4 Å². The van der Waals surface area contributed by atoms with Gasteiger partial charge < -0.3 is 5.73 Å². The molecule has 1 aliphatic carbocycles. The third kappa shape index (κ3) is 2.28. The maximum absolute atomic E-state index is 11.2. The monoisotopic (exact) mass is 239 g/mol. The van der Waals surface area contributed by atoms with E-state index in [4.69, 9.17) is 5.73 Å². The summed E-state index contributed by atoms with van der Waals surface area (Å²) in [5.74, 6) is 0.165. The van der Waals surface area contributed by atoms with E-state index in [0.717, 1.165) is 18.4 Å². The quantitative estimate of drug-likeness (QED) is 0.862. The van der Waals surface area contributed by atoms with Gasteiger partial charge in [0.25, 0.3) is 0 Å². The molecule has 0 saturated carbocycles. The van der Waals surface area contributed by atoms with Crippen LogP contribution in [0.4, 0.5) is 0 Å². The van der Waals surface area contributed by atoms with Crippen molar-refractivity contribution < 1.29 is 8.42 Å². The number of fused-ring (bicyclic) bond motifs is 1. The molecule has 2 rings (SSSR count). The Hall–Kier alpha value is -0.870. The molecule has 1 aromatic rings. The Bertz CT molecular complexity index is 495. The molecule has 16 heavy (non-hydrogen) atoms. The van der Waals surface area contributed by atoms with Crippen LogP contribution in [0.1, 0.15) is 24.0 Å². The smallest absolute Gasteiger partial charge is 0.147 e. The Morgan fingerprint density at radius 1 is 1.38 bits per heavy atom. The van der Waals surface area contributed by atoms with E-state index in [2.05, 4.69) is 6.07 Å². The summed E-state index contributed by atoms with van der Waals surface area (Å²) in [6, 6.07) is 8.06. The topological polar surface area (TPSA) is 60.2 Å². The van der Waals surface area contributed by atoms with Gasteiger partial charge in [0.2, 0.25) is 0 Å². The second-order valence-corrected chi connectivity index (χ2v) is 6.95. The van der Waals surface area contributed by atoms with Crippen LogP contribution in [0.15, 0.2) is 24.3 Å². The van der Waals surface area contributed by atoms with Gasteiger partial charge in [-0.25, -0.2) is 8.42 Å². The van der Waals surface area contributed by atoms with E-state index in [1.165, 1.54) is 11.8 Å². The SMILES string of the molecule is CS(=O)(=O)CCC1(N)CCc2ccccc21. The number of hydrogen-bond donors (Lipinski definition) is 1. The minimum absolute atomic E-state index is 0.165. The molecule has 1 atom stereocenters. The van der Waals surface area contributed by atoms with Crippen molar-refractivity contribution in [1.29, 1.82) is 0 Å². The molecule has 1 aliphatic rings. The lowest BCUT2D eigenvalue weighted by atomic mass is 9.90. The summed E-state index contributed by atoms with van der Waals surface area (Å²) in [5, 5.41) is 0. The highest BCUT2D eigenvalue weighted by molar-refractivity contribution is 7.90. The van der Waals surface area contributed by atoms with Gasteiger partial charge in [0.1, 0.15) is 9.84 Å². The number of nitrogens with two attached hydrogens (primary N) is 1. The van der Waals surface area contributed by atoms with Crippen molar-refractivity contribution in [1.82, 2.24) is 0 Å².